The summed E-state index contributed by atoms with van der Waals surface area (Å²) in [4.78, 5) is 7.47. The first-order valence-corrected chi connectivity index (χ1v) is 6.96. The van der Waals surface area contributed by atoms with Crippen molar-refractivity contribution in [2.45, 2.75) is 19.4 Å². The molecule has 2 saturated heterocycles. The Morgan fingerprint density at radius 2 is 1.71 bits per heavy atom. The summed E-state index contributed by atoms with van der Waals surface area (Å²) >= 11 is 0. The van der Waals surface area contributed by atoms with Crippen LogP contribution in [-0.4, -0.2) is 85.3 Å². The predicted octanol–water partition coefficient (Wildman–Crippen LogP) is -0.0635. The molecule has 2 atom stereocenters. The molecule has 1 N–H and O–H groups in total. The van der Waals surface area contributed by atoms with Crippen molar-refractivity contribution in [2.75, 3.05) is 59.4 Å². The van der Waals surface area contributed by atoms with Gasteiger partial charge in [-0.05, 0) is 32.9 Å². The van der Waals surface area contributed by atoms with E-state index in [0.29, 0.717) is 5.92 Å². The number of aliphatic hydroxyl groups excluding tert-OH is 1. The first kappa shape index (κ1) is 13.3. The Labute approximate surface area is 105 Å². The van der Waals surface area contributed by atoms with Gasteiger partial charge in [-0.15, -0.1) is 0 Å². The lowest BCUT2D eigenvalue weighted by Crippen LogP contribution is -2.46. The summed E-state index contributed by atoms with van der Waals surface area (Å²) in [5, 5.41) is 9.57. The maximum Gasteiger partial charge on any atom is 0.0552 e. The van der Waals surface area contributed by atoms with Crippen molar-refractivity contribution in [1.29, 1.82) is 0 Å². The maximum absolute atomic E-state index is 9.57. The van der Waals surface area contributed by atoms with Crippen LogP contribution < -0.4 is 0 Å². The van der Waals surface area contributed by atoms with Crippen LogP contribution in [0.2, 0.25) is 0 Å². The molecule has 0 spiro atoms. The largest absolute Gasteiger partial charge is 0.393 e. The first-order valence-electron chi connectivity index (χ1n) is 6.96. The lowest BCUT2D eigenvalue weighted by atomic mass is 10.0. The molecule has 0 aliphatic carbocycles. The van der Waals surface area contributed by atoms with Crippen LogP contribution in [0.3, 0.4) is 0 Å². The van der Waals surface area contributed by atoms with Gasteiger partial charge in [-0.3, -0.25) is 4.90 Å². The van der Waals surface area contributed by atoms with Crippen molar-refractivity contribution in [3.8, 4) is 0 Å². The number of likely N-dealkylation sites (N-methyl/N-ethyl adjacent to an activating group) is 1. The molecule has 2 rings (SSSR count). The Kier molecular flexibility index (Phi) is 4.79. The molecule has 17 heavy (non-hydrogen) atoms. The Morgan fingerprint density at radius 3 is 2.29 bits per heavy atom. The fourth-order valence-electron chi connectivity index (χ4n) is 2.81. The molecule has 0 saturated carbocycles. The van der Waals surface area contributed by atoms with E-state index in [2.05, 4.69) is 21.7 Å². The van der Waals surface area contributed by atoms with Crippen LogP contribution in [0, 0.1) is 5.92 Å². The second-order valence-electron chi connectivity index (χ2n) is 5.73. The van der Waals surface area contributed by atoms with Crippen molar-refractivity contribution >= 4 is 0 Å². The molecule has 4 heteroatoms. The summed E-state index contributed by atoms with van der Waals surface area (Å²) in [7, 11) is 2.20. The van der Waals surface area contributed by atoms with Crippen LogP contribution in [0.1, 0.15) is 13.3 Å². The average molecular weight is 241 g/mol. The van der Waals surface area contributed by atoms with Crippen molar-refractivity contribution in [2.24, 2.45) is 5.92 Å². The quantitative estimate of drug-likeness (QED) is 0.747. The van der Waals surface area contributed by atoms with Crippen LogP contribution in [0.15, 0.2) is 0 Å². The minimum absolute atomic E-state index is 0.136. The molecule has 0 aromatic heterocycles. The van der Waals surface area contributed by atoms with Crippen LogP contribution >= 0.6 is 0 Å². The van der Waals surface area contributed by atoms with Crippen LogP contribution in [0.4, 0.5) is 0 Å². The van der Waals surface area contributed by atoms with Gasteiger partial charge in [0.05, 0.1) is 6.10 Å². The molecule has 0 radical (unpaired) electrons. The Bertz CT molecular complexity index is 227. The highest BCUT2D eigenvalue weighted by atomic mass is 16.3. The van der Waals surface area contributed by atoms with Gasteiger partial charge < -0.3 is 14.9 Å². The molecule has 0 aromatic rings. The average Bonchev–Trinajstić information content (AvgIpc) is 2.77. The van der Waals surface area contributed by atoms with Gasteiger partial charge in [0.25, 0.3) is 0 Å². The Hall–Kier alpha value is -0.160. The van der Waals surface area contributed by atoms with E-state index in [9.17, 15) is 5.11 Å². The van der Waals surface area contributed by atoms with E-state index in [-0.39, 0.29) is 6.10 Å². The number of rotatable bonds is 4. The molecule has 2 fully saturated rings. The number of hydrogen-bond donors (Lipinski definition) is 1. The van der Waals surface area contributed by atoms with Crippen LogP contribution in [0.25, 0.3) is 0 Å². The van der Waals surface area contributed by atoms with E-state index < -0.39 is 0 Å². The highest BCUT2D eigenvalue weighted by molar-refractivity contribution is 4.80. The molecule has 4 nitrogen and oxygen atoms in total. The van der Waals surface area contributed by atoms with Crippen molar-refractivity contribution < 1.29 is 5.11 Å². The van der Waals surface area contributed by atoms with Gasteiger partial charge in [0.15, 0.2) is 0 Å². The highest BCUT2D eigenvalue weighted by Gasteiger charge is 2.26. The van der Waals surface area contributed by atoms with E-state index in [0.717, 1.165) is 6.54 Å². The molecule has 2 aliphatic heterocycles. The molecule has 0 amide bonds. The molecule has 100 valence electrons. The third-order valence-corrected chi connectivity index (χ3v) is 4.32. The summed E-state index contributed by atoms with van der Waals surface area (Å²) in [5.74, 6) is 0.502. The predicted molar refractivity (Wildman–Crippen MR) is 70.2 cm³/mol. The molecule has 2 heterocycles. The second kappa shape index (κ2) is 6.14. The minimum Gasteiger partial charge on any atom is -0.393 e. The third-order valence-electron chi connectivity index (χ3n) is 4.32. The normalized spacial score (nSPS) is 30.9. The summed E-state index contributed by atoms with van der Waals surface area (Å²) in [6, 6.07) is 0. The van der Waals surface area contributed by atoms with Gasteiger partial charge in [0.1, 0.15) is 0 Å². The molecule has 2 aliphatic rings. The Morgan fingerprint density at radius 1 is 1.06 bits per heavy atom. The molecule has 0 bridgehead atoms. The van der Waals surface area contributed by atoms with E-state index in [1.165, 1.54) is 52.2 Å². The van der Waals surface area contributed by atoms with E-state index in [4.69, 9.17) is 0 Å². The smallest absolute Gasteiger partial charge is 0.0552 e. The maximum atomic E-state index is 9.57. The van der Waals surface area contributed by atoms with Crippen molar-refractivity contribution in [3.63, 3.8) is 0 Å². The fourth-order valence-corrected chi connectivity index (χ4v) is 2.81. The second-order valence-corrected chi connectivity index (χ2v) is 5.73. The van der Waals surface area contributed by atoms with Gasteiger partial charge in [0.2, 0.25) is 0 Å². The number of nitrogens with zero attached hydrogens (tertiary/aromatic N) is 3. The lowest BCUT2D eigenvalue weighted by molar-refractivity contribution is 0.119. The zero-order chi connectivity index (χ0) is 12.3. The first-order chi connectivity index (χ1) is 8.15. The Balaban J connectivity index is 1.63. The number of aliphatic hydroxyl groups is 1. The molecule has 2 unspecified atom stereocenters. The summed E-state index contributed by atoms with van der Waals surface area (Å²) in [5.41, 5.74) is 0. The minimum atomic E-state index is -0.136. The lowest BCUT2D eigenvalue weighted by Gasteiger charge is -2.33. The number of piperazine rings is 1. The zero-order valence-electron chi connectivity index (χ0n) is 11.3. The van der Waals surface area contributed by atoms with Gasteiger partial charge >= 0.3 is 0 Å². The van der Waals surface area contributed by atoms with Gasteiger partial charge in [-0.25, -0.2) is 0 Å². The topological polar surface area (TPSA) is 30.0 Å². The van der Waals surface area contributed by atoms with Gasteiger partial charge in [-0.1, -0.05) is 0 Å². The zero-order valence-corrected chi connectivity index (χ0v) is 11.3. The summed E-state index contributed by atoms with van der Waals surface area (Å²) in [6.45, 7) is 11.4. The van der Waals surface area contributed by atoms with Crippen molar-refractivity contribution in [3.05, 3.63) is 0 Å². The van der Waals surface area contributed by atoms with E-state index in [1.54, 1.807) is 0 Å². The molecule has 0 aromatic carbocycles. The summed E-state index contributed by atoms with van der Waals surface area (Å²) in [6.07, 6.45) is 1.03. The van der Waals surface area contributed by atoms with Crippen LogP contribution in [0.5, 0.6) is 0 Å². The van der Waals surface area contributed by atoms with Gasteiger partial charge in [0, 0.05) is 45.8 Å². The third kappa shape index (κ3) is 3.91. The SMILES string of the molecule is CC(O)C1CCN(CCN2CCN(C)CC2)C1. The standard InChI is InChI=1S/C13H27N3O/c1-12(17)13-3-4-16(11-13)10-9-15-7-5-14(2)6-8-15/h12-13,17H,3-11H2,1-2H3. The highest BCUT2D eigenvalue weighted by Crippen LogP contribution is 2.19. The van der Waals surface area contributed by atoms with Crippen molar-refractivity contribution in [1.82, 2.24) is 14.7 Å². The molecular formula is C13H27N3O. The van der Waals surface area contributed by atoms with Crippen LogP contribution in [-0.2, 0) is 0 Å². The number of hydrogen-bond acceptors (Lipinski definition) is 4. The monoisotopic (exact) mass is 241 g/mol. The summed E-state index contributed by atoms with van der Waals surface area (Å²) < 4.78 is 0. The van der Waals surface area contributed by atoms with E-state index in [1.807, 2.05) is 6.92 Å². The fraction of sp³-hybridized carbons (Fsp3) is 1.00. The van der Waals surface area contributed by atoms with E-state index >= 15 is 0 Å². The van der Waals surface area contributed by atoms with Gasteiger partial charge in [-0.2, -0.15) is 0 Å². The molecular weight excluding hydrogens is 214 g/mol. The number of likely N-dealkylation sites (tertiary alicyclic amines) is 1.